The minimum Gasteiger partial charge on any atom is -0.383 e. The van der Waals surface area contributed by atoms with E-state index >= 15 is 0 Å². The predicted molar refractivity (Wildman–Crippen MR) is 103 cm³/mol. The summed E-state index contributed by atoms with van der Waals surface area (Å²) in [5.41, 5.74) is 2.45. The molecule has 144 valence electrons. The highest BCUT2D eigenvalue weighted by molar-refractivity contribution is 5.83. The summed E-state index contributed by atoms with van der Waals surface area (Å²) in [5, 5.41) is 4.10. The molecule has 1 saturated carbocycles. The molecule has 0 amide bonds. The van der Waals surface area contributed by atoms with E-state index in [-0.39, 0.29) is 11.6 Å². The lowest BCUT2D eigenvalue weighted by Crippen LogP contribution is -2.28. The van der Waals surface area contributed by atoms with Crippen LogP contribution >= 0.6 is 0 Å². The first kappa shape index (κ1) is 17.1. The molecule has 4 aromatic rings. The van der Waals surface area contributed by atoms with E-state index in [2.05, 4.69) is 22.0 Å². The highest BCUT2D eigenvalue weighted by Crippen LogP contribution is 2.46. The maximum absolute atomic E-state index is 13.5. The van der Waals surface area contributed by atoms with Gasteiger partial charge in [0.2, 0.25) is 11.7 Å². The summed E-state index contributed by atoms with van der Waals surface area (Å²) in [5.74, 6) is 1.85. The Labute approximate surface area is 160 Å². The zero-order chi connectivity index (χ0) is 19.4. The molecule has 3 aromatic heterocycles. The first-order valence-electron chi connectivity index (χ1n) is 9.43. The number of benzene rings is 1. The molecule has 1 fully saturated rings. The first-order chi connectivity index (χ1) is 13.6. The van der Waals surface area contributed by atoms with E-state index in [1.54, 1.807) is 22.4 Å². The monoisotopic (exact) mass is 379 g/mol. The lowest BCUT2D eigenvalue weighted by atomic mass is 10.2. The van der Waals surface area contributed by atoms with Crippen molar-refractivity contribution >= 4 is 16.6 Å². The summed E-state index contributed by atoms with van der Waals surface area (Å²) in [6, 6.07) is 7.63. The number of hydrogen-bond donors (Lipinski definition) is 0. The number of imidazole rings is 1. The van der Waals surface area contributed by atoms with Crippen LogP contribution in [0.4, 0.5) is 0 Å². The van der Waals surface area contributed by atoms with Gasteiger partial charge in [0.05, 0.1) is 23.7 Å². The van der Waals surface area contributed by atoms with Gasteiger partial charge in [-0.25, -0.2) is 4.98 Å². The Morgan fingerprint density at radius 1 is 1.32 bits per heavy atom. The fraction of sp³-hybridized carbons (Fsp3) is 0.400. The lowest BCUT2D eigenvalue weighted by Gasteiger charge is -2.18. The van der Waals surface area contributed by atoms with E-state index in [0.29, 0.717) is 41.4 Å². The summed E-state index contributed by atoms with van der Waals surface area (Å²) in [6.45, 7) is 4.54. The van der Waals surface area contributed by atoms with Gasteiger partial charge in [0.25, 0.3) is 5.56 Å². The Hall–Kier alpha value is -3.00. The van der Waals surface area contributed by atoms with Crippen LogP contribution in [0.2, 0.25) is 0 Å². The van der Waals surface area contributed by atoms with Crippen LogP contribution in [-0.4, -0.2) is 37.8 Å². The number of aromatic nitrogens is 5. The maximum Gasteiger partial charge on any atom is 0.278 e. The summed E-state index contributed by atoms with van der Waals surface area (Å²) in [4.78, 5) is 22.5. The van der Waals surface area contributed by atoms with Crippen LogP contribution in [0.25, 0.3) is 28.1 Å². The molecule has 0 bridgehead atoms. The maximum atomic E-state index is 13.5. The summed E-state index contributed by atoms with van der Waals surface area (Å²) >= 11 is 0. The van der Waals surface area contributed by atoms with Crippen LogP contribution in [0.1, 0.15) is 38.1 Å². The van der Waals surface area contributed by atoms with E-state index < -0.39 is 0 Å². The van der Waals surface area contributed by atoms with E-state index in [4.69, 9.17) is 9.26 Å². The van der Waals surface area contributed by atoms with Gasteiger partial charge in [-0.05, 0) is 31.4 Å². The van der Waals surface area contributed by atoms with Crippen LogP contribution < -0.4 is 5.56 Å². The van der Waals surface area contributed by atoms with Crippen LogP contribution in [-0.2, 0) is 4.74 Å². The largest absolute Gasteiger partial charge is 0.383 e. The average Bonchev–Trinajstić information content (AvgIpc) is 3.10. The topological polar surface area (TPSA) is 87.5 Å². The third kappa shape index (κ3) is 2.48. The molecular weight excluding hydrogens is 358 g/mol. The van der Waals surface area contributed by atoms with Crippen molar-refractivity contribution in [3.05, 3.63) is 46.8 Å². The van der Waals surface area contributed by atoms with Gasteiger partial charge in [-0.15, -0.1) is 0 Å². The number of methoxy groups -OCH3 is 1. The van der Waals surface area contributed by atoms with E-state index in [1.165, 1.54) is 0 Å². The standard InChI is InChI=1S/C20H21N5O3/c1-11-8-13(11)19-22-18(23-28-19)16-17-20(26)25(12(2)9-27-3)15-7-5-4-6-14(15)24(17)10-21-16/h4-7,10-13H,8-9H2,1-3H3. The Bertz CT molecular complexity index is 1240. The second-order valence-corrected chi connectivity index (χ2v) is 7.56. The molecule has 3 heterocycles. The van der Waals surface area contributed by atoms with Gasteiger partial charge in [-0.1, -0.05) is 24.2 Å². The Kier molecular flexibility index (Phi) is 3.83. The van der Waals surface area contributed by atoms with Crippen molar-refractivity contribution in [2.75, 3.05) is 13.7 Å². The summed E-state index contributed by atoms with van der Waals surface area (Å²) in [7, 11) is 1.63. The molecule has 1 aromatic carbocycles. The van der Waals surface area contributed by atoms with Crippen LogP contribution in [0.15, 0.2) is 39.9 Å². The third-order valence-electron chi connectivity index (χ3n) is 5.52. The van der Waals surface area contributed by atoms with Crippen molar-refractivity contribution in [1.29, 1.82) is 0 Å². The fourth-order valence-electron chi connectivity index (χ4n) is 3.90. The minimum absolute atomic E-state index is 0.136. The normalized spacial score (nSPS) is 20.1. The molecule has 8 nitrogen and oxygen atoms in total. The number of fused-ring (bicyclic) bond motifs is 3. The van der Waals surface area contributed by atoms with Crippen molar-refractivity contribution in [2.24, 2.45) is 5.92 Å². The molecular formula is C20H21N5O3. The molecule has 1 aliphatic carbocycles. The van der Waals surface area contributed by atoms with Gasteiger partial charge < -0.3 is 9.26 Å². The molecule has 0 saturated heterocycles. The quantitative estimate of drug-likeness (QED) is 0.530. The number of nitrogens with zero attached hydrogens (tertiary/aromatic N) is 5. The van der Waals surface area contributed by atoms with Crippen molar-refractivity contribution in [3.8, 4) is 11.5 Å². The Morgan fingerprint density at radius 2 is 2.07 bits per heavy atom. The first-order valence-corrected chi connectivity index (χ1v) is 9.43. The lowest BCUT2D eigenvalue weighted by molar-refractivity contribution is 0.162. The summed E-state index contributed by atoms with van der Waals surface area (Å²) < 4.78 is 14.3. The van der Waals surface area contributed by atoms with E-state index in [9.17, 15) is 4.79 Å². The van der Waals surface area contributed by atoms with Gasteiger partial charge in [-0.3, -0.25) is 13.8 Å². The second kappa shape index (κ2) is 6.27. The zero-order valence-electron chi connectivity index (χ0n) is 16.0. The fourth-order valence-corrected chi connectivity index (χ4v) is 3.90. The van der Waals surface area contributed by atoms with E-state index in [1.807, 2.05) is 31.2 Å². The molecule has 0 N–H and O–H groups in total. The SMILES string of the molecule is COCC(C)n1c(=O)c2c(-c3noc(C4CC4C)n3)ncn2c2ccccc21. The van der Waals surface area contributed by atoms with Crippen molar-refractivity contribution in [1.82, 2.24) is 24.1 Å². The minimum atomic E-state index is -0.151. The van der Waals surface area contributed by atoms with Gasteiger partial charge >= 0.3 is 0 Å². The molecule has 0 aliphatic heterocycles. The smallest absolute Gasteiger partial charge is 0.278 e. The predicted octanol–water partition coefficient (Wildman–Crippen LogP) is 3.03. The Morgan fingerprint density at radius 3 is 2.79 bits per heavy atom. The van der Waals surface area contributed by atoms with Crippen molar-refractivity contribution in [2.45, 2.75) is 32.2 Å². The third-order valence-corrected chi connectivity index (χ3v) is 5.52. The molecule has 3 atom stereocenters. The molecule has 28 heavy (non-hydrogen) atoms. The van der Waals surface area contributed by atoms with Crippen molar-refractivity contribution < 1.29 is 9.26 Å². The van der Waals surface area contributed by atoms with Crippen LogP contribution in [0.3, 0.4) is 0 Å². The molecule has 3 unspecified atom stereocenters. The molecule has 1 aliphatic rings. The van der Waals surface area contributed by atoms with Gasteiger partial charge in [0.15, 0.2) is 0 Å². The highest BCUT2D eigenvalue weighted by atomic mass is 16.5. The van der Waals surface area contributed by atoms with E-state index in [0.717, 1.165) is 17.5 Å². The number of rotatable bonds is 5. The molecule has 5 rings (SSSR count). The second-order valence-electron chi connectivity index (χ2n) is 7.56. The molecule has 8 heteroatoms. The van der Waals surface area contributed by atoms with Crippen molar-refractivity contribution in [3.63, 3.8) is 0 Å². The number of hydrogen-bond acceptors (Lipinski definition) is 6. The molecule has 0 spiro atoms. The van der Waals surface area contributed by atoms with Crippen LogP contribution in [0, 0.1) is 5.92 Å². The molecule has 0 radical (unpaired) electrons. The average molecular weight is 379 g/mol. The highest BCUT2D eigenvalue weighted by Gasteiger charge is 2.39. The number of ether oxygens (including phenoxy) is 1. The Balaban J connectivity index is 1.76. The van der Waals surface area contributed by atoms with Gasteiger partial charge in [0.1, 0.15) is 17.5 Å². The van der Waals surface area contributed by atoms with Crippen LogP contribution in [0.5, 0.6) is 0 Å². The van der Waals surface area contributed by atoms with Gasteiger partial charge in [0, 0.05) is 13.0 Å². The zero-order valence-corrected chi connectivity index (χ0v) is 16.0. The summed E-state index contributed by atoms with van der Waals surface area (Å²) in [6.07, 6.45) is 2.70. The number of para-hydroxylation sites is 2. The van der Waals surface area contributed by atoms with Gasteiger partial charge in [-0.2, -0.15) is 4.98 Å².